The monoisotopic (exact) mass is 192 g/mol. The number of rotatable bonds is 5. The van der Waals surface area contributed by atoms with Crippen molar-refractivity contribution in [3.8, 4) is 0 Å². The van der Waals surface area contributed by atoms with Crippen molar-refractivity contribution >= 4 is 5.97 Å². The first kappa shape index (κ1) is 10.8. The van der Waals surface area contributed by atoms with Gasteiger partial charge < -0.3 is 4.74 Å². The molecule has 1 aromatic carbocycles. The van der Waals surface area contributed by atoms with Gasteiger partial charge in [0, 0.05) is 6.92 Å². The zero-order chi connectivity index (χ0) is 10.2. The van der Waals surface area contributed by atoms with Gasteiger partial charge in [-0.25, -0.2) is 0 Å². The first-order valence-electron chi connectivity index (χ1n) is 4.96. The average molecular weight is 192 g/mol. The fourth-order valence-electron chi connectivity index (χ4n) is 1.29. The van der Waals surface area contributed by atoms with Crippen LogP contribution >= 0.6 is 0 Å². The smallest absolute Gasteiger partial charge is 0.302 e. The van der Waals surface area contributed by atoms with Gasteiger partial charge in [-0.3, -0.25) is 4.79 Å². The van der Waals surface area contributed by atoms with Gasteiger partial charge in [0.15, 0.2) is 0 Å². The normalized spacial score (nSPS) is 9.79. The Balaban J connectivity index is 2.08. The lowest BCUT2D eigenvalue weighted by Gasteiger charge is -2.02. The highest BCUT2D eigenvalue weighted by molar-refractivity contribution is 5.65. The summed E-state index contributed by atoms with van der Waals surface area (Å²) in [7, 11) is 0. The van der Waals surface area contributed by atoms with Crippen LogP contribution in [0, 0.1) is 0 Å². The van der Waals surface area contributed by atoms with Gasteiger partial charge in [0.05, 0.1) is 6.61 Å². The molecule has 0 aliphatic rings. The van der Waals surface area contributed by atoms with Crippen molar-refractivity contribution in [1.82, 2.24) is 0 Å². The molecule has 2 heteroatoms. The molecule has 0 radical (unpaired) electrons. The molecule has 0 N–H and O–H groups in total. The van der Waals surface area contributed by atoms with Crippen LogP contribution in [0.4, 0.5) is 0 Å². The van der Waals surface area contributed by atoms with Crippen LogP contribution in [0.15, 0.2) is 30.3 Å². The first-order chi connectivity index (χ1) is 6.79. The number of carbonyl (C=O) groups excluding carboxylic acids is 1. The molecule has 0 heterocycles. The summed E-state index contributed by atoms with van der Waals surface area (Å²) in [5.74, 6) is -0.190. The maximum atomic E-state index is 10.5. The fraction of sp³-hybridized carbons (Fsp3) is 0.417. The molecule has 0 spiro atoms. The van der Waals surface area contributed by atoms with E-state index < -0.39 is 0 Å². The van der Waals surface area contributed by atoms with Gasteiger partial charge in [-0.15, -0.1) is 0 Å². The van der Waals surface area contributed by atoms with E-state index in [9.17, 15) is 4.79 Å². The van der Waals surface area contributed by atoms with Crippen LogP contribution in [-0.4, -0.2) is 12.6 Å². The molecule has 0 amide bonds. The fourth-order valence-corrected chi connectivity index (χ4v) is 1.29. The molecule has 0 atom stereocenters. The van der Waals surface area contributed by atoms with Crippen LogP contribution in [-0.2, 0) is 16.0 Å². The van der Waals surface area contributed by atoms with Crippen molar-refractivity contribution in [1.29, 1.82) is 0 Å². The third-order valence-corrected chi connectivity index (χ3v) is 2.01. The van der Waals surface area contributed by atoms with E-state index in [2.05, 4.69) is 12.1 Å². The van der Waals surface area contributed by atoms with Gasteiger partial charge in [0.25, 0.3) is 0 Å². The maximum Gasteiger partial charge on any atom is 0.302 e. The second-order valence-corrected chi connectivity index (χ2v) is 3.28. The quantitative estimate of drug-likeness (QED) is 0.529. The highest BCUT2D eigenvalue weighted by Crippen LogP contribution is 2.04. The minimum atomic E-state index is -0.190. The number of unbranched alkanes of at least 4 members (excludes halogenated alkanes) is 1. The largest absolute Gasteiger partial charge is 0.466 e. The Kier molecular flexibility index (Phi) is 4.76. The predicted molar refractivity (Wildman–Crippen MR) is 56.0 cm³/mol. The predicted octanol–water partition coefficient (Wildman–Crippen LogP) is 2.57. The van der Waals surface area contributed by atoms with E-state index in [0.29, 0.717) is 6.61 Å². The summed E-state index contributed by atoms with van der Waals surface area (Å²) in [6.45, 7) is 1.99. The van der Waals surface area contributed by atoms with Crippen molar-refractivity contribution < 1.29 is 9.53 Å². The summed E-state index contributed by atoms with van der Waals surface area (Å²) in [4.78, 5) is 10.5. The van der Waals surface area contributed by atoms with E-state index in [0.717, 1.165) is 19.3 Å². The second-order valence-electron chi connectivity index (χ2n) is 3.28. The molecular formula is C12H16O2. The number of ether oxygens (including phenoxy) is 1. The van der Waals surface area contributed by atoms with Crippen molar-refractivity contribution in [3.63, 3.8) is 0 Å². The molecule has 0 saturated heterocycles. The molecule has 2 nitrogen and oxygen atoms in total. The number of benzene rings is 1. The van der Waals surface area contributed by atoms with E-state index in [1.54, 1.807) is 0 Å². The second kappa shape index (κ2) is 6.19. The van der Waals surface area contributed by atoms with Crippen LogP contribution in [0.3, 0.4) is 0 Å². The average Bonchev–Trinajstić information content (AvgIpc) is 2.18. The van der Waals surface area contributed by atoms with Crippen LogP contribution in [0.25, 0.3) is 0 Å². The lowest BCUT2D eigenvalue weighted by atomic mass is 10.1. The lowest BCUT2D eigenvalue weighted by molar-refractivity contribution is -0.141. The molecule has 0 aliphatic carbocycles. The van der Waals surface area contributed by atoms with E-state index in [1.165, 1.54) is 12.5 Å². The zero-order valence-electron chi connectivity index (χ0n) is 8.53. The van der Waals surface area contributed by atoms with Crippen LogP contribution in [0.2, 0.25) is 0 Å². The molecule has 0 bridgehead atoms. The van der Waals surface area contributed by atoms with Crippen molar-refractivity contribution in [2.45, 2.75) is 26.2 Å². The summed E-state index contributed by atoms with van der Waals surface area (Å²) in [5, 5.41) is 0. The van der Waals surface area contributed by atoms with Gasteiger partial charge in [-0.05, 0) is 24.8 Å². The van der Waals surface area contributed by atoms with Gasteiger partial charge >= 0.3 is 5.97 Å². The summed E-state index contributed by atoms with van der Waals surface area (Å²) in [5.41, 5.74) is 1.34. The Labute approximate surface area is 84.9 Å². The summed E-state index contributed by atoms with van der Waals surface area (Å²) in [6, 6.07) is 10.3. The van der Waals surface area contributed by atoms with Crippen LogP contribution < -0.4 is 0 Å². The SMILES string of the molecule is CC(=O)OCCCCc1ccccc1. The molecule has 14 heavy (non-hydrogen) atoms. The molecule has 0 saturated carbocycles. The lowest BCUT2D eigenvalue weighted by Crippen LogP contribution is -2.00. The number of aryl methyl sites for hydroxylation is 1. The third-order valence-electron chi connectivity index (χ3n) is 2.01. The molecule has 0 fully saturated rings. The Morgan fingerprint density at radius 3 is 2.57 bits per heavy atom. The highest BCUT2D eigenvalue weighted by Gasteiger charge is 1.94. The van der Waals surface area contributed by atoms with Crippen molar-refractivity contribution in [2.24, 2.45) is 0 Å². The molecule has 76 valence electrons. The van der Waals surface area contributed by atoms with Crippen molar-refractivity contribution in [3.05, 3.63) is 35.9 Å². The highest BCUT2D eigenvalue weighted by atomic mass is 16.5. The Morgan fingerprint density at radius 1 is 1.21 bits per heavy atom. The Morgan fingerprint density at radius 2 is 1.93 bits per heavy atom. The third kappa shape index (κ3) is 4.65. The summed E-state index contributed by atoms with van der Waals surface area (Å²) >= 11 is 0. The van der Waals surface area contributed by atoms with E-state index >= 15 is 0 Å². The maximum absolute atomic E-state index is 10.5. The van der Waals surface area contributed by atoms with Crippen LogP contribution in [0.1, 0.15) is 25.3 Å². The Hall–Kier alpha value is -1.31. The summed E-state index contributed by atoms with van der Waals surface area (Å²) < 4.78 is 4.84. The van der Waals surface area contributed by atoms with Gasteiger partial charge in [-0.1, -0.05) is 30.3 Å². The first-order valence-corrected chi connectivity index (χ1v) is 4.96. The van der Waals surface area contributed by atoms with E-state index in [4.69, 9.17) is 4.74 Å². The minimum absolute atomic E-state index is 0.190. The summed E-state index contributed by atoms with van der Waals surface area (Å²) in [6.07, 6.45) is 3.06. The van der Waals surface area contributed by atoms with Crippen LogP contribution in [0.5, 0.6) is 0 Å². The van der Waals surface area contributed by atoms with Gasteiger partial charge in [0.1, 0.15) is 0 Å². The zero-order valence-corrected chi connectivity index (χ0v) is 8.53. The number of hydrogen-bond donors (Lipinski definition) is 0. The van der Waals surface area contributed by atoms with Gasteiger partial charge in [0.2, 0.25) is 0 Å². The number of esters is 1. The molecular weight excluding hydrogens is 176 g/mol. The van der Waals surface area contributed by atoms with E-state index in [1.807, 2.05) is 18.2 Å². The van der Waals surface area contributed by atoms with Crippen molar-refractivity contribution in [2.75, 3.05) is 6.61 Å². The molecule has 1 aromatic rings. The standard InChI is InChI=1S/C12H16O2/c1-11(13)14-10-6-5-9-12-7-3-2-4-8-12/h2-4,7-8H,5-6,9-10H2,1H3. The molecule has 0 aromatic heterocycles. The number of carbonyl (C=O) groups is 1. The van der Waals surface area contributed by atoms with Gasteiger partial charge in [-0.2, -0.15) is 0 Å². The Bertz CT molecular complexity index is 267. The number of hydrogen-bond acceptors (Lipinski definition) is 2. The molecule has 1 rings (SSSR count). The minimum Gasteiger partial charge on any atom is -0.466 e. The molecule has 0 unspecified atom stereocenters. The molecule has 0 aliphatic heterocycles. The van der Waals surface area contributed by atoms with E-state index in [-0.39, 0.29) is 5.97 Å². The topological polar surface area (TPSA) is 26.3 Å².